The maximum absolute atomic E-state index is 12.6. The molecular formula is C10H10F2O. The Morgan fingerprint density at radius 3 is 2.69 bits per heavy atom. The smallest absolute Gasteiger partial charge is 0.270 e. The first-order valence-corrected chi connectivity index (χ1v) is 4.23. The van der Waals surface area contributed by atoms with Crippen molar-refractivity contribution in [3.8, 4) is 0 Å². The highest BCUT2D eigenvalue weighted by Gasteiger charge is 2.44. The quantitative estimate of drug-likeness (QED) is 0.708. The second-order valence-corrected chi connectivity index (χ2v) is 3.38. The van der Waals surface area contributed by atoms with Crippen molar-refractivity contribution in [3.63, 3.8) is 0 Å². The van der Waals surface area contributed by atoms with Crippen LogP contribution in [0.4, 0.5) is 8.78 Å². The Hall–Kier alpha value is -0.960. The van der Waals surface area contributed by atoms with Crippen LogP contribution in [0.5, 0.6) is 0 Å². The van der Waals surface area contributed by atoms with E-state index in [1.165, 1.54) is 0 Å². The number of hydrogen-bond donors (Lipinski definition) is 1. The van der Waals surface area contributed by atoms with Gasteiger partial charge in [0.15, 0.2) is 5.60 Å². The molecule has 0 saturated heterocycles. The Bertz CT molecular complexity index is 324. The summed E-state index contributed by atoms with van der Waals surface area (Å²) in [6, 6.07) is 6.84. The van der Waals surface area contributed by atoms with Gasteiger partial charge < -0.3 is 5.11 Å². The molecule has 1 unspecified atom stereocenters. The van der Waals surface area contributed by atoms with Crippen LogP contribution in [0, 0.1) is 0 Å². The summed E-state index contributed by atoms with van der Waals surface area (Å²) < 4.78 is 25.1. The molecule has 13 heavy (non-hydrogen) atoms. The molecule has 0 radical (unpaired) electrons. The van der Waals surface area contributed by atoms with Crippen LogP contribution >= 0.6 is 0 Å². The number of alkyl halides is 2. The SMILES string of the molecule is OC1(C(F)F)CCc2ccccc21. The van der Waals surface area contributed by atoms with E-state index in [1.54, 1.807) is 24.3 Å². The summed E-state index contributed by atoms with van der Waals surface area (Å²) in [6.07, 6.45) is -2.03. The van der Waals surface area contributed by atoms with Crippen molar-refractivity contribution in [1.82, 2.24) is 0 Å². The third-order valence-electron chi connectivity index (χ3n) is 2.62. The number of aliphatic hydroxyl groups is 1. The third kappa shape index (κ3) is 1.15. The van der Waals surface area contributed by atoms with Crippen molar-refractivity contribution in [1.29, 1.82) is 0 Å². The molecule has 0 heterocycles. The molecule has 1 aromatic carbocycles. The van der Waals surface area contributed by atoms with Gasteiger partial charge in [-0.15, -0.1) is 0 Å². The molecule has 1 aliphatic carbocycles. The van der Waals surface area contributed by atoms with Crippen molar-refractivity contribution < 1.29 is 13.9 Å². The molecule has 0 amide bonds. The molecule has 2 rings (SSSR count). The molecule has 1 nitrogen and oxygen atoms in total. The minimum atomic E-state index is -2.70. The van der Waals surface area contributed by atoms with E-state index in [1.807, 2.05) is 0 Å². The van der Waals surface area contributed by atoms with Crippen LogP contribution in [0.2, 0.25) is 0 Å². The molecule has 1 aromatic rings. The lowest BCUT2D eigenvalue weighted by molar-refractivity contribution is -0.100. The summed E-state index contributed by atoms with van der Waals surface area (Å²) in [4.78, 5) is 0. The summed E-state index contributed by atoms with van der Waals surface area (Å²) in [5.74, 6) is 0. The zero-order chi connectivity index (χ0) is 9.47. The molecule has 0 bridgehead atoms. The molecule has 0 saturated carbocycles. The predicted octanol–water partition coefficient (Wildman–Crippen LogP) is 2.09. The van der Waals surface area contributed by atoms with Crippen LogP contribution in [0.1, 0.15) is 17.5 Å². The number of benzene rings is 1. The van der Waals surface area contributed by atoms with E-state index in [9.17, 15) is 13.9 Å². The molecule has 1 atom stereocenters. The number of aryl methyl sites for hydroxylation is 1. The highest BCUT2D eigenvalue weighted by atomic mass is 19.3. The molecular weight excluding hydrogens is 174 g/mol. The average molecular weight is 184 g/mol. The molecule has 1 N–H and O–H groups in total. The molecule has 0 fully saturated rings. The fourth-order valence-corrected chi connectivity index (χ4v) is 1.85. The van der Waals surface area contributed by atoms with Crippen molar-refractivity contribution >= 4 is 0 Å². The molecule has 1 aliphatic rings. The van der Waals surface area contributed by atoms with E-state index in [0.29, 0.717) is 12.0 Å². The molecule has 0 spiro atoms. The van der Waals surface area contributed by atoms with Gasteiger partial charge in [0.1, 0.15) is 0 Å². The van der Waals surface area contributed by atoms with E-state index in [4.69, 9.17) is 0 Å². The molecule has 3 heteroatoms. The standard InChI is InChI=1S/C10H10F2O/c11-9(12)10(13)6-5-7-3-1-2-4-8(7)10/h1-4,9,13H,5-6H2. The fraction of sp³-hybridized carbons (Fsp3) is 0.400. The minimum Gasteiger partial charge on any atom is -0.379 e. The first-order valence-electron chi connectivity index (χ1n) is 4.23. The zero-order valence-electron chi connectivity index (χ0n) is 7.00. The third-order valence-corrected chi connectivity index (χ3v) is 2.62. The Morgan fingerprint density at radius 2 is 2.00 bits per heavy atom. The summed E-state index contributed by atoms with van der Waals surface area (Å²) in [6.45, 7) is 0. The summed E-state index contributed by atoms with van der Waals surface area (Å²) >= 11 is 0. The monoisotopic (exact) mass is 184 g/mol. The lowest BCUT2D eigenvalue weighted by atomic mass is 9.97. The lowest BCUT2D eigenvalue weighted by Crippen LogP contribution is -2.31. The van der Waals surface area contributed by atoms with Gasteiger partial charge in [-0.2, -0.15) is 0 Å². The van der Waals surface area contributed by atoms with Gasteiger partial charge in [0, 0.05) is 0 Å². The Morgan fingerprint density at radius 1 is 1.31 bits per heavy atom. The van der Waals surface area contributed by atoms with Gasteiger partial charge in [-0.3, -0.25) is 0 Å². The number of halogens is 2. The average Bonchev–Trinajstić information content (AvgIpc) is 2.47. The largest absolute Gasteiger partial charge is 0.379 e. The summed E-state index contributed by atoms with van der Waals surface area (Å²) in [5.41, 5.74) is -0.674. The van der Waals surface area contributed by atoms with E-state index in [0.717, 1.165) is 5.56 Å². The van der Waals surface area contributed by atoms with Crippen molar-refractivity contribution in [2.24, 2.45) is 0 Å². The first-order chi connectivity index (χ1) is 6.14. The summed E-state index contributed by atoms with van der Waals surface area (Å²) in [5, 5.41) is 9.67. The Kier molecular flexibility index (Phi) is 1.84. The van der Waals surface area contributed by atoms with Gasteiger partial charge in [-0.05, 0) is 24.0 Å². The topological polar surface area (TPSA) is 20.2 Å². The maximum atomic E-state index is 12.6. The Balaban J connectivity index is 2.49. The predicted molar refractivity (Wildman–Crippen MR) is 44.7 cm³/mol. The first kappa shape index (κ1) is 8.63. The van der Waals surface area contributed by atoms with Crippen LogP contribution in [-0.4, -0.2) is 11.5 Å². The lowest BCUT2D eigenvalue weighted by Gasteiger charge is -2.22. The van der Waals surface area contributed by atoms with Gasteiger partial charge >= 0.3 is 0 Å². The highest BCUT2D eigenvalue weighted by Crippen LogP contribution is 2.40. The van der Waals surface area contributed by atoms with Gasteiger partial charge in [-0.25, -0.2) is 8.78 Å². The second kappa shape index (κ2) is 2.77. The van der Waals surface area contributed by atoms with Crippen LogP contribution in [0.3, 0.4) is 0 Å². The van der Waals surface area contributed by atoms with Gasteiger partial charge in [-0.1, -0.05) is 24.3 Å². The zero-order valence-corrected chi connectivity index (χ0v) is 7.00. The van der Waals surface area contributed by atoms with Crippen LogP contribution in [0.25, 0.3) is 0 Å². The highest BCUT2D eigenvalue weighted by molar-refractivity contribution is 5.37. The number of fused-ring (bicyclic) bond motifs is 1. The fourth-order valence-electron chi connectivity index (χ4n) is 1.85. The van der Waals surface area contributed by atoms with Crippen molar-refractivity contribution in [2.45, 2.75) is 24.9 Å². The van der Waals surface area contributed by atoms with Crippen LogP contribution in [-0.2, 0) is 12.0 Å². The maximum Gasteiger partial charge on any atom is 0.270 e. The van der Waals surface area contributed by atoms with E-state index in [2.05, 4.69) is 0 Å². The van der Waals surface area contributed by atoms with Gasteiger partial charge in [0.05, 0.1) is 0 Å². The number of hydrogen-bond acceptors (Lipinski definition) is 1. The molecule has 0 aromatic heterocycles. The van der Waals surface area contributed by atoms with Gasteiger partial charge in [0.25, 0.3) is 6.43 Å². The second-order valence-electron chi connectivity index (χ2n) is 3.38. The molecule has 70 valence electrons. The van der Waals surface area contributed by atoms with Gasteiger partial charge in [0.2, 0.25) is 0 Å². The van der Waals surface area contributed by atoms with E-state index < -0.39 is 12.0 Å². The van der Waals surface area contributed by atoms with Crippen LogP contribution in [0.15, 0.2) is 24.3 Å². The normalized spacial score (nSPS) is 26.5. The van der Waals surface area contributed by atoms with E-state index >= 15 is 0 Å². The van der Waals surface area contributed by atoms with Crippen molar-refractivity contribution in [3.05, 3.63) is 35.4 Å². The Labute approximate surface area is 75.0 Å². The molecule has 0 aliphatic heterocycles. The van der Waals surface area contributed by atoms with E-state index in [-0.39, 0.29) is 6.42 Å². The number of rotatable bonds is 1. The summed E-state index contributed by atoms with van der Waals surface area (Å²) in [7, 11) is 0. The van der Waals surface area contributed by atoms with Crippen LogP contribution < -0.4 is 0 Å². The minimum absolute atomic E-state index is 0.129. The van der Waals surface area contributed by atoms with Crippen molar-refractivity contribution in [2.75, 3.05) is 0 Å².